The van der Waals surface area contributed by atoms with Crippen molar-refractivity contribution < 1.29 is 29.0 Å². The Hall–Kier alpha value is -4.00. The van der Waals surface area contributed by atoms with Gasteiger partial charge in [-0.1, -0.05) is 11.3 Å². The van der Waals surface area contributed by atoms with Crippen LogP contribution in [0, 0.1) is 6.92 Å². The summed E-state index contributed by atoms with van der Waals surface area (Å²) in [4.78, 5) is 54.9. The predicted octanol–water partition coefficient (Wildman–Crippen LogP) is 0.828. The molecule has 2 aliphatic rings. The quantitative estimate of drug-likeness (QED) is 0.457. The van der Waals surface area contributed by atoms with Gasteiger partial charge in [0.1, 0.15) is 11.8 Å². The molecule has 3 heterocycles. The summed E-state index contributed by atoms with van der Waals surface area (Å²) < 4.78 is 7.67. The van der Waals surface area contributed by atoms with Crippen LogP contribution >= 0.6 is 0 Å². The second-order valence-electron chi connectivity index (χ2n) is 11.2. The van der Waals surface area contributed by atoms with Gasteiger partial charge in [0.25, 0.3) is 5.91 Å². The first-order valence-electron chi connectivity index (χ1n) is 15.2. The summed E-state index contributed by atoms with van der Waals surface area (Å²) in [5.74, 6) is -0.450. The first-order valence-corrected chi connectivity index (χ1v) is 15.2. The second-order valence-corrected chi connectivity index (χ2v) is 11.2. The van der Waals surface area contributed by atoms with Gasteiger partial charge in [0, 0.05) is 76.7 Å². The van der Waals surface area contributed by atoms with E-state index in [0.29, 0.717) is 63.2 Å². The van der Waals surface area contributed by atoms with E-state index in [9.17, 15) is 24.3 Å². The third kappa shape index (κ3) is 9.24. The van der Waals surface area contributed by atoms with E-state index in [2.05, 4.69) is 20.9 Å². The maximum absolute atomic E-state index is 13.2. The van der Waals surface area contributed by atoms with Crippen LogP contribution in [0.5, 0.6) is 5.75 Å². The lowest BCUT2D eigenvalue weighted by Gasteiger charge is -2.27. The zero-order valence-corrected chi connectivity index (χ0v) is 25.1. The van der Waals surface area contributed by atoms with E-state index < -0.39 is 24.0 Å². The Morgan fingerprint density at radius 2 is 1.95 bits per heavy atom. The normalized spacial score (nSPS) is 20.1. The minimum absolute atomic E-state index is 0.0825. The van der Waals surface area contributed by atoms with Crippen LogP contribution in [0.25, 0.3) is 0 Å². The molecular weight excluding hydrogens is 554 g/mol. The van der Waals surface area contributed by atoms with Crippen molar-refractivity contribution in [2.45, 2.75) is 77.5 Å². The highest BCUT2D eigenvalue weighted by Crippen LogP contribution is 2.20. The number of likely N-dealkylation sites (tertiary alicyclic amines) is 1. The lowest BCUT2D eigenvalue weighted by atomic mass is 10.1. The molecule has 0 saturated carbocycles. The van der Waals surface area contributed by atoms with Crippen LogP contribution in [0.1, 0.15) is 67.1 Å². The van der Waals surface area contributed by atoms with E-state index in [-0.39, 0.29) is 31.3 Å². The molecule has 13 heteroatoms. The Morgan fingerprint density at radius 3 is 2.74 bits per heavy atom. The number of nitrogens with zero attached hydrogens (tertiary/aromatic N) is 5. The molecule has 1 fully saturated rings. The summed E-state index contributed by atoms with van der Waals surface area (Å²) in [6, 6.07) is 3.85. The Kier molecular flexibility index (Phi) is 11.5. The summed E-state index contributed by atoms with van der Waals surface area (Å²) in [6.45, 7) is 6.32. The standard InChI is InChI=1S/C30H43N7O6/c1-21-9-10-23-19-25(21)43-18-6-15-37-20-24(33-34-37)11-16-36(17-12-31-30(42)28(22(2)38)32-29(23)41)27(40)8-5-14-35-13-4-3-7-26(35)39/h9-10,19-20,22,28,38H,3-8,11-18H2,1-2H3,(H,31,42)(H,32,41)/t22-,28+/m1/s1. The number of carbonyl (C=O) groups excluding carboxylic acids is 4. The van der Waals surface area contributed by atoms with Gasteiger partial charge in [-0.25, -0.2) is 0 Å². The average molecular weight is 598 g/mol. The molecule has 0 aliphatic carbocycles. The van der Waals surface area contributed by atoms with Crippen molar-refractivity contribution >= 4 is 23.6 Å². The molecule has 43 heavy (non-hydrogen) atoms. The van der Waals surface area contributed by atoms with Crippen LogP contribution in [0.15, 0.2) is 24.4 Å². The Labute approximate surface area is 251 Å². The Bertz CT molecular complexity index is 1280. The van der Waals surface area contributed by atoms with Gasteiger partial charge in [-0.3, -0.25) is 23.9 Å². The Morgan fingerprint density at radius 1 is 1.12 bits per heavy atom. The van der Waals surface area contributed by atoms with Crippen LogP contribution in [0.4, 0.5) is 0 Å². The van der Waals surface area contributed by atoms with E-state index in [1.807, 2.05) is 18.0 Å². The summed E-state index contributed by atoms with van der Waals surface area (Å²) in [5, 5.41) is 24.1. The third-order valence-corrected chi connectivity index (χ3v) is 7.79. The van der Waals surface area contributed by atoms with Crippen molar-refractivity contribution in [3.05, 3.63) is 41.2 Å². The topological polar surface area (TPSA) is 159 Å². The summed E-state index contributed by atoms with van der Waals surface area (Å²) >= 11 is 0. The predicted molar refractivity (Wildman–Crippen MR) is 157 cm³/mol. The molecule has 4 amide bonds. The minimum Gasteiger partial charge on any atom is -0.493 e. The number of aromatic nitrogens is 3. The number of aryl methyl sites for hydroxylation is 2. The van der Waals surface area contributed by atoms with Crippen LogP contribution in [0.2, 0.25) is 0 Å². The van der Waals surface area contributed by atoms with Gasteiger partial charge in [-0.15, -0.1) is 5.10 Å². The van der Waals surface area contributed by atoms with Crippen molar-refractivity contribution in [1.82, 2.24) is 35.4 Å². The Balaban J connectivity index is 1.45. The van der Waals surface area contributed by atoms with Gasteiger partial charge in [0.2, 0.25) is 17.7 Å². The molecule has 4 bridgehead atoms. The fourth-order valence-electron chi connectivity index (χ4n) is 5.21. The molecule has 4 rings (SSSR count). The van der Waals surface area contributed by atoms with Gasteiger partial charge < -0.3 is 30.3 Å². The van der Waals surface area contributed by atoms with Crippen molar-refractivity contribution in [2.24, 2.45) is 0 Å². The third-order valence-electron chi connectivity index (χ3n) is 7.79. The van der Waals surface area contributed by atoms with Gasteiger partial charge in [0.05, 0.1) is 18.4 Å². The molecule has 0 spiro atoms. The summed E-state index contributed by atoms with van der Waals surface area (Å²) in [6.07, 6.45) is 5.14. The number of ether oxygens (including phenoxy) is 1. The van der Waals surface area contributed by atoms with Crippen LogP contribution in [-0.2, 0) is 27.3 Å². The lowest BCUT2D eigenvalue weighted by Crippen LogP contribution is -2.53. The number of nitrogens with one attached hydrogen (secondary N) is 2. The molecule has 3 N–H and O–H groups in total. The second kappa shape index (κ2) is 15.5. The molecule has 13 nitrogen and oxygen atoms in total. The lowest BCUT2D eigenvalue weighted by molar-refractivity contribution is -0.135. The van der Waals surface area contributed by atoms with Crippen molar-refractivity contribution in [1.29, 1.82) is 0 Å². The van der Waals surface area contributed by atoms with E-state index in [0.717, 1.165) is 30.6 Å². The number of rotatable bonds is 5. The first-order chi connectivity index (χ1) is 20.7. The van der Waals surface area contributed by atoms with E-state index in [1.54, 1.807) is 27.8 Å². The number of amides is 4. The van der Waals surface area contributed by atoms with Gasteiger partial charge in [-0.2, -0.15) is 0 Å². The number of benzene rings is 1. The number of aliphatic hydroxyl groups excluding tert-OH is 1. The fraction of sp³-hybridized carbons (Fsp3) is 0.600. The number of aliphatic hydroxyl groups is 1. The fourth-order valence-corrected chi connectivity index (χ4v) is 5.21. The molecule has 1 aromatic heterocycles. The van der Waals surface area contributed by atoms with Gasteiger partial charge in [0.15, 0.2) is 0 Å². The smallest absolute Gasteiger partial charge is 0.252 e. The molecule has 2 aromatic rings. The number of fused-ring (bicyclic) bond motifs is 4. The van der Waals surface area contributed by atoms with Gasteiger partial charge >= 0.3 is 0 Å². The number of piperidine rings is 1. The monoisotopic (exact) mass is 597 g/mol. The molecule has 234 valence electrons. The zero-order valence-electron chi connectivity index (χ0n) is 25.1. The molecule has 1 saturated heterocycles. The molecule has 1 aromatic carbocycles. The number of carbonyl (C=O) groups is 4. The van der Waals surface area contributed by atoms with Crippen LogP contribution in [0.3, 0.4) is 0 Å². The van der Waals surface area contributed by atoms with Gasteiger partial charge in [-0.05, 0) is 50.8 Å². The number of hydrogen-bond donors (Lipinski definition) is 3. The van der Waals surface area contributed by atoms with Crippen molar-refractivity contribution in [3.8, 4) is 5.75 Å². The molecular formula is C30H43N7O6. The highest BCUT2D eigenvalue weighted by Gasteiger charge is 2.27. The van der Waals surface area contributed by atoms with E-state index in [1.165, 1.54) is 6.92 Å². The van der Waals surface area contributed by atoms with Crippen LogP contribution in [-0.4, -0.2) is 105 Å². The SMILES string of the molecule is Cc1ccc2cc1OCCCn1cc(nn1)CCN(C(=O)CCCN1CCCCC1=O)CCNC(=O)[C@H]([C@@H](C)O)NC2=O. The summed E-state index contributed by atoms with van der Waals surface area (Å²) in [5.41, 5.74) is 1.92. The minimum atomic E-state index is -1.19. The van der Waals surface area contributed by atoms with Crippen molar-refractivity contribution in [3.63, 3.8) is 0 Å². The summed E-state index contributed by atoms with van der Waals surface area (Å²) in [7, 11) is 0. The number of hydrogen-bond acceptors (Lipinski definition) is 8. The van der Waals surface area contributed by atoms with E-state index in [4.69, 9.17) is 4.74 Å². The highest BCUT2D eigenvalue weighted by molar-refractivity contribution is 5.98. The first kappa shape index (κ1) is 31.9. The maximum atomic E-state index is 13.2. The molecule has 2 aliphatic heterocycles. The highest BCUT2D eigenvalue weighted by atomic mass is 16.5. The van der Waals surface area contributed by atoms with E-state index >= 15 is 0 Å². The maximum Gasteiger partial charge on any atom is 0.252 e. The zero-order chi connectivity index (χ0) is 30.8. The molecule has 2 atom stereocenters. The van der Waals surface area contributed by atoms with Crippen LogP contribution < -0.4 is 15.4 Å². The molecule has 0 unspecified atom stereocenters. The average Bonchev–Trinajstić information content (AvgIpc) is 3.44. The largest absolute Gasteiger partial charge is 0.493 e. The molecule has 0 radical (unpaired) electrons. The van der Waals surface area contributed by atoms with Crippen molar-refractivity contribution in [2.75, 3.05) is 39.3 Å².